The van der Waals surface area contributed by atoms with E-state index in [1.54, 1.807) is 13.2 Å². The van der Waals surface area contributed by atoms with Gasteiger partial charge in [-0.1, -0.05) is 0 Å². The van der Waals surface area contributed by atoms with Crippen molar-refractivity contribution in [2.75, 3.05) is 43.5 Å². The van der Waals surface area contributed by atoms with E-state index in [9.17, 15) is 4.79 Å². The summed E-state index contributed by atoms with van der Waals surface area (Å²) in [6, 6.07) is 11.8. The molecule has 0 spiro atoms. The monoisotopic (exact) mass is 371 g/mol. The molecule has 0 radical (unpaired) electrons. The summed E-state index contributed by atoms with van der Waals surface area (Å²) < 4.78 is 5.20. The molecule has 1 aromatic carbocycles. The highest BCUT2D eigenvalue weighted by Crippen LogP contribution is 2.22. The Morgan fingerprint density at radius 3 is 2.62 bits per heavy atom. The number of methoxy groups -OCH3 is 1. The van der Waals surface area contributed by atoms with Gasteiger partial charge in [-0.25, -0.2) is 0 Å². The number of carbonyl (C=O) groups is 1. The number of hydrogen-bond acceptors (Lipinski definition) is 5. The van der Waals surface area contributed by atoms with Crippen LogP contribution in [0.25, 0.3) is 0 Å². The molecule has 136 valence electrons. The molecule has 0 bridgehead atoms. The number of benzene rings is 1. The van der Waals surface area contributed by atoms with Crippen LogP contribution in [0.3, 0.4) is 0 Å². The number of rotatable bonds is 5. The molecule has 1 aliphatic heterocycles. The van der Waals surface area contributed by atoms with Crippen molar-refractivity contribution in [3.63, 3.8) is 0 Å². The Labute approximate surface area is 157 Å². The molecule has 0 aliphatic carbocycles. The minimum Gasteiger partial charge on any atom is -0.497 e. The van der Waals surface area contributed by atoms with E-state index in [0.717, 1.165) is 31.9 Å². The molecule has 1 saturated heterocycles. The first-order chi connectivity index (χ1) is 12.6. The maximum absolute atomic E-state index is 12.5. The standard InChI is InChI=1S/C19H22N4O2S/c1-14(18(24)21-19-15(13-20)7-12-26-19)22-8-10-23(11-9-22)16-3-5-17(25-2)6-4-16/h3-7,12,14H,8-11H2,1-2H3,(H,21,24)/p+1/t14-/m1/s1. The lowest BCUT2D eigenvalue weighted by molar-refractivity contribution is -0.914. The average molecular weight is 371 g/mol. The van der Waals surface area contributed by atoms with Gasteiger partial charge in [0.15, 0.2) is 6.04 Å². The second kappa shape index (κ2) is 8.21. The summed E-state index contributed by atoms with van der Waals surface area (Å²) in [4.78, 5) is 16.1. The smallest absolute Gasteiger partial charge is 0.283 e. The van der Waals surface area contributed by atoms with Crippen molar-refractivity contribution in [2.45, 2.75) is 13.0 Å². The van der Waals surface area contributed by atoms with E-state index < -0.39 is 0 Å². The first-order valence-corrected chi connectivity index (χ1v) is 9.52. The minimum atomic E-state index is -0.151. The van der Waals surface area contributed by atoms with Crippen molar-refractivity contribution in [3.8, 4) is 11.8 Å². The molecule has 1 fully saturated rings. The van der Waals surface area contributed by atoms with Crippen LogP contribution >= 0.6 is 11.3 Å². The van der Waals surface area contributed by atoms with E-state index in [0.29, 0.717) is 10.6 Å². The molecule has 1 atom stereocenters. The third-order valence-electron chi connectivity index (χ3n) is 4.87. The van der Waals surface area contributed by atoms with Crippen LogP contribution in [0.15, 0.2) is 35.7 Å². The molecule has 3 rings (SSSR count). The molecule has 1 aliphatic rings. The lowest BCUT2D eigenvalue weighted by Gasteiger charge is -2.36. The number of thiophene rings is 1. The summed E-state index contributed by atoms with van der Waals surface area (Å²) in [5.74, 6) is 0.825. The van der Waals surface area contributed by atoms with Crippen LogP contribution in [0.5, 0.6) is 5.75 Å². The lowest BCUT2D eigenvalue weighted by Crippen LogP contribution is -3.19. The first-order valence-electron chi connectivity index (χ1n) is 8.64. The Morgan fingerprint density at radius 2 is 2.00 bits per heavy atom. The number of nitrogens with one attached hydrogen (secondary N) is 2. The second-order valence-electron chi connectivity index (χ2n) is 6.33. The third kappa shape index (κ3) is 3.98. The topological polar surface area (TPSA) is 69.8 Å². The Kier molecular flexibility index (Phi) is 5.76. The minimum absolute atomic E-state index is 0.0307. The van der Waals surface area contributed by atoms with E-state index in [4.69, 9.17) is 10.00 Å². The zero-order chi connectivity index (χ0) is 18.5. The van der Waals surface area contributed by atoms with Gasteiger partial charge in [-0.3, -0.25) is 4.79 Å². The number of nitrogens with zero attached hydrogens (tertiary/aromatic N) is 2. The number of hydrogen-bond donors (Lipinski definition) is 2. The SMILES string of the molecule is COc1ccc(N2CC[NH+]([C@H](C)C(=O)Nc3sccc3C#N)CC2)cc1. The van der Waals surface area contributed by atoms with E-state index in [1.165, 1.54) is 21.9 Å². The summed E-state index contributed by atoms with van der Waals surface area (Å²) in [5.41, 5.74) is 1.70. The molecule has 0 unspecified atom stereocenters. The highest BCUT2D eigenvalue weighted by Gasteiger charge is 2.29. The lowest BCUT2D eigenvalue weighted by atomic mass is 10.2. The van der Waals surface area contributed by atoms with Gasteiger partial charge >= 0.3 is 0 Å². The predicted octanol–water partition coefficient (Wildman–Crippen LogP) is 1.36. The van der Waals surface area contributed by atoms with Crippen LogP contribution in [-0.2, 0) is 4.79 Å². The van der Waals surface area contributed by atoms with Crippen LogP contribution < -0.4 is 19.9 Å². The van der Waals surface area contributed by atoms with Crippen LogP contribution in [0.4, 0.5) is 10.7 Å². The van der Waals surface area contributed by atoms with Crippen molar-refractivity contribution >= 4 is 27.9 Å². The summed E-state index contributed by atoms with van der Waals surface area (Å²) in [5, 5.41) is 14.4. The summed E-state index contributed by atoms with van der Waals surface area (Å²) in [7, 11) is 1.67. The largest absolute Gasteiger partial charge is 0.497 e. The highest BCUT2D eigenvalue weighted by molar-refractivity contribution is 7.14. The van der Waals surface area contributed by atoms with Gasteiger partial charge in [0.1, 0.15) is 16.8 Å². The summed E-state index contributed by atoms with van der Waals surface area (Å²) in [6.45, 7) is 5.56. The van der Waals surface area contributed by atoms with Crippen molar-refractivity contribution in [3.05, 3.63) is 41.3 Å². The Balaban J connectivity index is 1.55. The molecular formula is C19H23N4O2S+. The van der Waals surface area contributed by atoms with Crippen LogP contribution in [0, 0.1) is 11.3 Å². The van der Waals surface area contributed by atoms with Gasteiger partial charge in [0, 0.05) is 5.69 Å². The zero-order valence-corrected chi connectivity index (χ0v) is 15.8. The average Bonchev–Trinajstić information content (AvgIpc) is 3.14. The van der Waals surface area contributed by atoms with Crippen LogP contribution in [0.1, 0.15) is 12.5 Å². The van der Waals surface area contributed by atoms with E-state index >= 15 is 0 Å². The third-order valence-corrected chi connectivity index (χ3v) is 5.70. The number of piperazine rings is 1. The second-order valence-corrected chi connectivity index (χ2v) is 7.25. The van der Waals surface area contributed by atoms with E-state index in [2.05, 4.69) is 28.4 Å². The molecule has 0 saturated carbocycles. The molecule has 2 aromatic rings. The van der Waals surface area contributed by atoms with Crippen molar-refractivity contribution in [2.24, 2.45) is 0 Å². The first kappa shape index (κ1) is 18.2. The van der Waals surface area contributed by atoms with Gasteiger partial charge in [0.25, 0.3) is 5.91 Å². The van der Waals surface area contributed by atoms with E-state index in [1.807, 2.05) is 24.4 Å². The normalized spacial score (nSPS) is 16.0. The molecule has 2 N–H and O–H groups in total. The fraction of sp³-hybridized carbons (Fsp3) is 0.368. The zero-order valence-electron chi connectivity index (χ0n) is 15.0. The maximum atomic E-state index is 12.5. The molecule has 1 amide bonds. The Bertz CT molecular complexity index is 789. The number of amides is 1. The molecule has 26 heavy (non-hydrogen) atoms. The highest BCUT2D eigenvalue weighted by atomic mass is 32.1. The molecule has 6 nitrogen and oxygen atoms in total. The van der Waals surface area contributed by atoms with Gasteiger partial charge in [-0.05, 0) is 42.6 Å². The number of anilines is 2. The predicted molar refractivity (Wildman–Crippen MR) is 103 cm³/mol. The number of quaternary nitrogens is 1. The van der Waals surface area contributed by atoms with Crippen molar-refractivity contribution < 1.29 is 14.4 Å². The quantitative estimate of drug-likeness (QED) is 0.833. The maximum Gasteiger partial charge on any atom is 0.283 e. The van der Waals surface area contributed by atoms with Crippen molar-refractivity contribution in [1.29, 1.82) is 5.26 Å². The van der Waals surface area contributed by atoms with Gasteiger partial charge in [-0.2, -0.15) is 5.26 Å². The number of carbonyl (C=O) groups excluding carboxylic acids is 1. The van der Waals surface area contributed by atoms with Gasteiger partial charge in [0.2, 0.25) is 0 Å². The summed E-state index contributed by atoms with van der Waals surface area (Å²) in [6.07, 6.45) is 0. The summed E-state index contributed by atoms with van der Waals surface area (Å²) >= 11 is 1.38. The van der Waals surface area contributed by atoms with Crippen LogP contribution in [0.2, 0.25) is 0 Å². The molecular weight excluding hydrogens is 348 g/mol. The molecule has 2 heterocycles. The Morgan fingerprint density at radius 1 is 1.31 bits per heavy atom. The number of ether oxygens (including phenoxy) is 1. The Hall–Kier alpha value is -2.56. The number of nitriles is 1. The van der Waals surface area contributed by atoms with Gasteiger partial charge in [-0.15, -0.1) is 11.3 Å². The van der Waals surface area contributed by atoms with Gasteiger partial charge < -0.3 is 19.9 Å². The van der Waals surface area contributed by atoms with E-state index in [-0.39, 0.29) is 11.9 Å². The fourth-order valence-corrected chi connectivity index (χ4v) is 3.92. The van der Waals surface area contributed by atoms with Gasteiger partial charge in [0.05, 0.1) is 38.9 Å². The molecule has 1 aromatic heterocycles. The van der Waals surface area contributed by atoms with Crippen LogP contribution in [-0.4, -0.2) is 45.2 Å². The fourth-order valence-electron chi connectivity index (χ4n) is 3.18. The molecule has 7 heteroatoms. The van der Waals surface area contributed by atoms with Crippen molar-refractivity contribution in [1.82, 2.24) is 0 Å².